The van der Waals surface area contributed by atoms with E-state index in [4.69, 9.17) is 14.2 Å². The molecule has 0 unspecified atom stereocenters. The van der Waals surface area contributed by atoms with Crippen LogP contribution in [-0.2, 0) is 0 Å². The van der Waals surface area contributed by atoms with Crippen molar-refractivity contribution in [3.8, 4) is 17.2 Å². The molecule has 25 heavy (non-hydrogen) atoms. The molecule has 1 fully saturated rings. The van der Waals surface area contributed by atoms with Crippen LogP contribution >= 0.6 is 0 Å². The van der Waals surface area contributed by atoms with Gasteiger partial charge in [0.05, 0.1) is 21.3 Å². The fraction of sp³-hybridized carbons (Fsp3) is 0.579. The average molecular weight is 348 g/mol. The molecule has 1 amide bonds. The topological polar surface area (TPSA) is 69.2 Å². The van der Waals surface area contributed by atoms with Gasteiger partial charge in [-0.05, 0) is 42.7 Å². The molecule has 0 aliphatic heterocycles. The largest absolute Gasteiger partial charge is 0.493 e. The molecule has 6 heteroatoms. The van der Waals surface area contributed by atoms with Gasteiger partial charge in [0.15, 0.2) is 11.5 Å². The summed E-state index contributed by atoms with van der Waals surface area (Å²) in [5.74, 6) is 1.60. The Bertz CT molecular complexity index is 642. The number of hydrogen-bond acceptors (Lipinski definition) is 5. The fourth-order valence-electron chi connectivity index (χ4n) is 3.61. The molecule has 1 aromatic carbocycles. The minimum atomic E-state index is -0.303. The Morgan fingerprint density at radius 1 is 1.16 bits per heavy atom. The van der Waals surface area contributed by atoms with Crippen molar-refractivity contribution in [1.29, 1.82) is 0 Å². The molecule has 138 valence electrons. The maximum absolute atomic E-state index is 12.5. The van der Waals surface area contributed by atoms with Gasteiger partial charge in [0.25, 0.3) is 5.91 Å². The Kier molecular flexibility index (Phi) is 5.93. The van der Waals surface area contributed by atoms with Crippen molar-refractivity contribution < 1.29 is 19.0 Å². The van der Waals surface area contributed by atoms with Gasteiger partial charge in [-0.2, -0.15) is 5.10 Å². The lowest BCUT2D eigenvalue weighted by atomic mass is 9.72. The number of amides is 1. The summed E-state index contributed by atoms with van der Waals surface area (Å²) in [7, 11) is 4.56. The molecule has 6 nitrogen and oxygen atoms in total. The van der Waals surface area contributed by atoms with E-state index in [1.807, 2.05) is 0 Å². The van der Waals surface area contributed by atoms with Crippen molar-refractivity contribution in [2.24, 2.45) is 16.4 Å². The van der Waals surface area contributed by atoms with Crippen LogP contribution in [0.4, 0.5) is 0 Å². The highest BCUT2D eigenvalue weighted by Gasteiger charge is 2.29. The number of nitrogens with one attached hydrogen (secondary N) is 1. The van der Waals surface area contributed by atoms with Crippen LogP contribution in [0.1, 0.15) is 50.4 Å². The van der Waals surface area contributed by atoms with Gasteiger partial charge in [-0.15, -0.1) is 0 Å². The molecule has 1 atom stereocenters. The molecule has 2 rings (SSSR count). The number of nitrogens with zero attached hydrogens (tertiary/aromatic N) is 1. The van der Waals surface area contributed by atoms with Gasteiger partial charge >= 0.3 is 0 Å². The van der Waals surface area contributed by atoms with E-state index in [1.165, 1.54) is 27.8 Å². The van der Waals surface area contributed by atoms with Crippen LogP contribution in [0.5, 0.6) is 17.2 Å². The first-order valence-electron chi connectivity index (χ1n) is 8.45. The van der Waals surface area contributed by atoms with E-state index in [2.05, 4.69) is 31.3 Å². The summed E-state index contributed by atoms with van der Waals surface area (Å²) in [4.78, 5) is 12.5. The third kappa shape index (κ3) is 4.65. The molecule has 0 spiro atoms. The lowest BCUT2D eigenvalue weighted by molar-refractivity contribution is 0.0953. The Labute approximate surface area is 149 Å². The molecule has 0 heterocycles. The highest BCUT2D eigenvalue weighted by atomic mass is 16.5. The standard InChI is InChI=1S/C19H28N2O4/c1-12-7-14(11-19(2,3)10-12)20-21-18(22)13-8-15(23-4)17(25-6)16(9-13)24-5/h8-9,12H,7,10-11H2,1-6H3,(H,21,22)/b20-14-/t12-/m0/s1. The number of rotatable bonds is 5. The highest BCUT2D eigenvalue weighted by Crippen LogP contribution is 2.38. The molecule has 0 aromatic heterocycles. The normalized spacial score (nSPS) is 20.9. The molecule has 1 saturated carbocycles. The van der Waals surface area contributed by atoms with E-state index in [-0.39, 0.29) is 11.3 Å². The number of hydrazone groups is 1. The summed E-state index contributed by atoms with van der Waals surface area (Å²) in [5, 5.41) is 4.36. The zero-order valence-electron chi connectivity index (χ0n) is 15.9. The molecule has 1 aliphatic carbocycles. The predicted octanol–water partition coefficient (Wildman–Crippen LogP) is 3.64. The van der Waals surface area contributed by atoms with E-state index < -0.39 is 0 Å². The molecule has 1 N–H and O–H groups in total. The van der Waals surface area contributed by atoms with E-state index in [1.54, 1.807) is 12.1 Å². The SMILES string of the molecule is COc1cc(C(=O)N/N=C2/C[C@H](C)CC(C)(C)C2)cc(OC)c1OC. The maximum Gasteiger partial charge on any atom is 0.271 e. The van der Waals surface area contributed by atoms with E-state index >= 15 is 0 Å². The van der Waals surface area contributed by atoms with Gasteiger partial charge in [0, 0.05) is 11.3 Å². The van der Waals surface area contributed by atoms with Crippen LogP contribution in [-0.4, -0.2) is 32.9 Å². The van der Waals surface area contributed by atoms with Crippen LogP contribution < -0.4 is 19.6 Å². The summed E-state index contributed by atoms with van der Waals surface area (Å²) in [6.45, 7) is 6.69. The summed E-state index contributed by atoms with van der Waals surface area (Å²) < 4.78 is 15.8. The minimum absolute atomic E-state index is 0.216. The van der Waals surface area contributed by atoms with Gasteiger partial charge in [-0.3, -0.25) is 4.79 Å². The Balaban J connectivity index is 2.19. The second-order valence-electron chi connectivity index (χ2n) is 7.39. The zero-order valence-corrected chi connectivity index (χ0v) is 15.9. The second kappa shape index (κ2) is 7.76. The summed E-state index contributed by atoms with van der Waals surface area (Å²) in [6.07, 6.45) is 2.98. The van der Waals surface area contributed by atoms with Crippen molar-refractivity contribution >= 4 is 11.6 Å². The van der Waals surface area contributed by atoms with Crippen LogP contribution in [0.3, 0.4) is 0 Å². The third-order valence-corrected chi connectivity index (χ3v) is 4.41. The van der Waals surface area contributed by atoms with Crippen molar-refractivity contribution in [3.63, 3.8) is 0 Å². The van der Waals surface area contributed by atoms with E-state index in [0.717, 1.165) is 18.6 Å². The third-order valence-electron chi connectivity index (χ3n) is 4.41. The van der Waals surface area contributed by atoms with Gasteiger partial charge in [0.1, 0.15) is 0 Å². The Hall–Kier alpha value is -2.24. The number of carbonyl (C=O) groups excluding carboxylic acids is 1. The first-order valence-corrected chi connectivity index (χ1v) is 8.45. The lowest BCUT2D eigenvalue weighted by Crippen LogP contribution is -2.30. The smallest absolute Gasteiger partial charge is 0.271 e. The summed E-state index contributed by atoms with van der Waals surface area (Å²) in [5.41, 5.74) is 4.32. The van der Waals surface area contributed by atoms with Gasteiger partial charge in [-0.25, -0.2) is 5.43 Å². The molecule has 0 bridgehead atoms. The molecular formula is C19H28N2O4. The number of carbonyl (C=O) groups is 1. The van der Waals surface area contributed by atoms with Crippen LogP contribution in [0, 0.1) is 11.3 Å². The number of benzene rings is 1. The Morgan fingerprint density at radius 2 is 1.76 bits per heavy atom. The fourth-order valence-corrected chi connectivity index (χ4v) is 3.61. The van der Waals surface area contributed by atoms with Gasteiger partial charge < -0.3 is 14.2 Å². The first kappa shape index (κ1) is 19.1. The maximum atomic E-state index is 12.5. The predicted molar refractivity (Wildman–Crippen MR) is 97.8 cm³/mol. The molecular weight excluding hydrogens is 320 g/mol. The van der Waals surface area contributed by atoms with Crippen molar-refractivity contribution in [2.45, 2.75) is 40.0 Å². The molecule has 0 radical (unpaired) electrons. The van der Waals surface area contributed by atoms with Crippen LogP contribution in [0.15, 0.2) is 17.2 Å². The number of ether oxygens (including phenoxy) is 3. The van der Waals surface area contributed by atoms with Crippen molar-refractivity contribution in [2.75, 3.05) is 21.3 Å². The van der Waals surface area contributed by atoms with Gasteiger partial charge in [-0.1, -0.05) is 20.8 Å². The number of methoxy groups -OCH3 is 3. The molecule has 1 aromatic rings. The Morgan fingerprint density at radius 3 is 2.24 bits per heavy atom. The average Bonchev–Trinajstić information content (AvgIpc) is 2.56. The highest BCUT2D eigenvalue weighted by molar-refractivity contribution is 5.97. The van der Waals surface area contributed by atoms with Crippen LogP contribution in [0.2, 0.25) is 0 Å². The first-order chi connectivity index (χ1) is 11.8. The van der Waals surface area contributed by atoms with E-state index in [9.17, 15) is 4.79 Å². The van der Waals surface area contributed by atoms with Crippen LogP contribution in [0.25, 0.3) is 0 Å². The summed E-state index contributed by atoms with van der Waals surface area (Å²) in [6, 6.07) is 3.23. The number of hydrogen-bond donors (Lipinski definition) is 1. The zero-order chi connectivity index (χ0) is 18.6. The lowest BCUT2D eigenvalue weighted by Gasteiger charge is -2.34. The molecule has 1 aliphatic rings. The quantitative estimate of drug-likeness (QED) is 0.825. The monoisotopic (exact) mass is 348 g/mol. The van der Waals surface area contributed by atoms with E-state index in [0.29, 0.717) is 28.7 Å². The minimum Gasteiger partial charge on any atom is -0.493 e. The van der Waals surface area contributed by atoms with Gasteiger partial charge in [0.2, 0.25) is 5.75 Å². The summed E-state index contributed by atoms with van der Waals surface area (Å²) >= 11 is 0. The second-order valence-corrected chi connectivity index (χ2v) is 7.39. The van der Waals surface area contributed by atoms with Crippen molar-refractivity contribution in [1.82, 2.24) is 5.43 Å². The molecule has 0 saturated heterocycles. The van der Waals surface area contributed by atoms with Crippen molar-refractivity contribution in [3.05, 3.63) is 17.7 Å².